The van der Waals surface area contributed by atoms with Crippen LogP contribution in [-0.4, -0.2) is 17.0 Å². The number of rotatable bonds is 4. The highest BCUT2D eigenvalue weighted by atomic mass is 16.3. The fourth-order valence-corrected chi connectivity index (χ4v) is 8.99. The Kier molecular flexibility index (Phi) is 5.90. The van der Waals surface area contributed by atoms with Crippen molar-refractivity contribution in [1.29, 1.82) is 0 Å². The highest BCUT2D eigenvalue weighted by Crippen LogP contribution is 2.68. The summed E-state index contributed by atoms with van der Waals surface area (Å²) in [6.07, 6.45) is 13.2. The third kappa shape index (κ3) is 3.51. The van der Waals surface area contributed by atoms with Crippen molar-refractivity contribution in [3.8, 4) is 0 Å². The molecule has 0 saturated heterocycles. The summed E-state index contributed by atoms with van der Waals surface area (Å²) in [6.45, 7) is 16.1. The summed E-state index contributed by atoms with van der Waals surface area (Å²) in [5, 5.41) is 10.7. The number of ketones is 1. The van der Waals surface area contributed by atoms with Crippen LogP contribution in [0.5, 0.6) is 0 Å². The van der Waals surface area contributed by atoms with E-state index in [2.05, 4.69) is 60.6 Å². The molecule has 3 saturated carbocycles. The second kappa shape index (κ2) is 7.86. The minimum atomic E-state index is -0.226. The molecular weight excluding hydrogens is 380 g/mol. The van der Waals surface area contributed by atoms with Crippen LogP contribution in [0.4, 0.5) is 0 Å². The van der Waals surface area contributed by atoms with Crippen molar-refractivity contribution >= 4 is 5.78 Å². The van der Waals surface area contributed by atoms with E-state index in [4.69, 9.17) is 0 Å². The van der Waals surface area contributed by atoms with Crippen LogP contribution in [0.1, 0.15) is 99.8 Å². The average molecular weight is 427 g/mol. The van der Waals surface area contributed by atoms with Gasteiger partial charge in [0.2, 0.25) is 0 Å². The first-order chi connectivity index (χ1) is 14.4. The lowest BCUT2D eigenvalue weighted by molar-refractivity contribution is -0.124. The Labute approximate surface area is 191 Å². The summed E-state index contributed by atoms with van der Waals surface area (Å²) < 4.78 is 0. The van der Waals surface area contributed by atoms with Crippen LogP contribution in [0.25, 0.3) is 0 Å². The first-order valence-corrected chi connectivity index (χ1v) is 13.0. The van der Waals surface area contributed by atoms with E-state index in [9.17, 15) is 9.90 Å². The molecule has 0 spiro atoms. The Morgan fingerprint density at radius 1 is 1.16 bits per heavy atom. The number of carbonyl (C=O) groups is 1. The first-order valence-electron chi connectivity index (χ1n) is 13.0. The van der Waals surface area contributed by atoms with Crippen LogP contribution in [0.2, 0.25) is 0 Å². The van der Waals surface area contributed by atoms with Gasteiger partial charge in [0.25, 0.3) is 0 Å². The van der Waals surface area contributed by atoms with Crippen molar-refractivity contribution in [1.82, 2.24) is 0 Å². The number of aliphatic hydroxyl groups excluding tert-OH is 1. The molecule has 2 heteroatoms. The first kappa shape index (κ1) is 23.3. The van der Waals surface area contributed by atoms with E-state index < -0.39 is 0 Å². The van der Waals surface area contributed by atoms with Crippen LogP contribution in [0, 0.1) is 45.8 Å². The van der Waals surface area contributed by atoms with E-state index in [1.54, 1.807) is 0 Å². The van der Waals surface area contributed by atoms with Crippen LogP contribution < -0.4 is 0 Å². The molecule has 4 aliphatic carbocycles. The van der Waals surface area contributed by atoms with Crippen LogP contribution in [0.3, 0.4) is 0 Å². The van der Waals surface area contributed by atoms with Gasteiger partial charge in [-0.3, -0.25) is 4.79 Å². The van der Waals surface area contributed by atoms with Gasteiger partial charge in [0.05, 0.1) is 6.10 Å². The third-order valence-electron chi connectivity index (χ3n) is 10.6. The Hall–Kier alpha value is -0.890. The monoisotopic (exact) mass is 426 g/mol. The number of hydrogen-bond donors (Lipinski definition) is 1. The van der Waals surface area contributed by atoms with Crippen LogP contribution >= 0.6 is 0 Å². The molecule has 174 valence electrons. The zero-order valence-electron chi connectivity index (χ0n) is 21.1. The van der Waals surface area contributed by atoms with Gasteiger partial charge in [0.15, 0.2) is 0 Å². The van der Waals surface area contributed by atoms with Gasteiger partial charge in [0.1, 0.15) is 5.78 Å². The zero-order valence-corrected chi connectivity index (χ0v) is 21.1. The molecule has 31 heavy (non-hydrogen) atoms. The highest BCUT2D eigenvalue weighted by molar-refractivity contribution is 5.85. The fraction of sp³-hybridized carbons (Fsp3) is 0.828. The Morgan fingerprint density at radius 2 is 1.87 bits per heavy atom. The van der Waals surface area contributed by atoms with E-state index in [1.165, 1.54) is 24.0 Å². The van der Waals surface area contributed by atoms with Crippen molar-refractivity contribution in [2.24, 2.45) is 45.8 Å². The molecule has 0 aromatic carbocycles. The van der Waals surface area contributed by atoms with Gasteiger partial charge < -0.3 is 5.11 Å². The molecule has 4 rings (SSSR count). The van der Waals surface area contributed by atoms with Gasteiger partial charge in [-0.1, -0.05) is 57.9 Å². The largest absolute Gasteiger partial charge is 0.392 e. The van der Waals surface area contributed by atoms with Crippen molar-refractivity contribution < 1.29 is 9.90 Å². The lowest BCUT2D eigenvalue weighted by Gasteiger charge is -2.61. The minimum absolute atomic E-state index is 0.119. The quantitative estimate of drug-likeness (QED) is 0.486. The molecule has 0 amide bonds. The van der Waals surface area contributed by atoms with Crippen LogP contribution in [0.15, 0.2) is 23.3 Å². The molecule has 1 unspecified atom stereocenters. The predicted molar refractivity (Wildman–Crippen MR) is 129 cm³/mol. The van der Waals surface area contributed by atoms with E-state index in [0.29, 0.717) is 29.5 Å². The maximum atomic E-state index is 13.4. The number of aliphatic hydroxyl groups is 1. The molecule has 0 radical (unpaired) electrons. The lowest BCUT2D eigenvalue weighted by Crippen LogP contribution is -2.54. The summed E-state index contributed by atoms with van der Waals surface area (Å²) in [5.41, 5.74) is 3.15. The maximum absolute atomic E-state index is 13.4. The molecule has 8 atom stereocenters. The van der Waals surface area contributed by atoms with Crippen molar-refractivity contribution in [2.75, 3.05) is 0 Å². The third-order valence-corrected chi connectivity index (χ3v) is 10.6. The summed E-state index contributed by atoms with van der Waals surface area (Å²) in [6, 6.07) is 0. The normalized spacial score (nSPS) is 44.6. The topological polar surface area (TPSA) is 37.3 Å². The number of allylic oxidation sites excluding steroid dienone is 3. The number of Topliss-reactive ketones (excluding diaryl/α,β-unsaturated/α-hetero) is 1. The minimum Gasteiger partial charge on any atom is -0.392 e. The standard InChI is InChI=1S/C29H46O2/c1-18(2)9-8-10-19(3)26-23(30)17-22-20-11-12-24-27(4,5)25(31)14-16-28(24,6)21(20)13-15-29(22,26)7/h9,12,19-22,25-26,31H,8,10-11,13-17H2,1-7H3/t19-,20-,21+,22+,25?,26+,28-,29+/m1/s1. The number of hydrogen-bond acceptors (Lipinski definition) is 2. The fourth-order valence-electron chi connectivity index (χ4n) is 8.99. The summed E-state index contributed by atoms with van der Waals surface area (Å²) in [7, 11) is 0. The Bertz CT molecular complexity index is 785. The predicted octanol–water partition coefficient (Wildman–Crippen LogP) is 7.12. The molecule has 0 aliphatic heterocycles. The summed E-state index contributed by atoms with van der Waals surface area (Å²) in [4.78, 5) is 13.4. The summed E-state index contributed by atoms with van der Waals surface area (Å²) >= 11 is 0. The molecule has 1 N–H and O–H groups in total. The van der Waals surface area contributed by atoms with E-state index in [0.717, 1.165) is 38.5 Å². The number of fused-ring (bicyclic) bond motifs is 5. The van der Waals surface area contributed by atoms with Gasteiger partial charge >= 0.3 is 0 Å². The molecular formula is C29H46O2. The molecule has 0 heterocycles. The van der Waals surface area contributed by atoms with Gasteiger partial charge in [-0.15, -0.1) is 0 Å². The SMILES string of the molecule is CC(C)=CCC[C@@H](C)[C@H]1C(=O)C[C@H]2[C@@H]3CC=C4C(C)(C)C(O)CC[C@]4(C)[C@H]3CC[C@]12C. The van der Waals surface area contributed by atoms with E-state index in [-0.39, 0.29) is 28.3 Å². The molecule has 0 aromatic heterocycles. The highest BCUT2D eigenvalue weighted by Gasteiger charge is 2.63. The summed E-state index contributed by atoms with van der Waals surface area (Å²) in [5.74, 6) is 3.12. The van der Waals surface area contributed by atoms with Gasteiger partial charge in [-0.05, 0) is 93.3 Å². The average Bonchev–Trinajstić information content (AvgIpc) is 2.95. The van der Waals surface area contributed by atoms with Gasteiger partial charge in [0, 0.05) is 17.8 Å². The molecule has 0 aromatic rings. The second-order valence-electron chi connectivity index (χ2n) is 13.0. The zero-order chi connectivity index (χ0) is 22.8. The van der Waals surface area contributed by atoms with Gasteiger partial charge in [-0.2, -0.15) is 0 Å². The maximum Gasteiger partial charge on any atom is 0.137 e. The smallest absolute Gasteiger partial charge is 0.137 e. The second-order valence-corrected chi connectivity index (χ2v) is 13.0. The lowest BCUT2D eigenvalue weighted by atomic mass is 9.44. The molecule has 3 fully saturated rings. The van der Waals surface area contributed by atoms with Crippen LogP contribution in [-0.2, 0) is 4.79 Å². The Morgan fingerprint density at radius 3 is 2.55 bits per heavy atom. The Balaban J connectivity index is 1.60. The van der Waals surface area contributed by atoms with Crippen molar-refractivity contribution in [3.05, 3.63) is 23.3 Å². The van der Waals surface area contributed by atoms with Crippen molar-refractivity contribution in [2.45, 2.75) is 106 Å². The molecule has 2 nitrogen and oxygen atoms in total. The van der Waals surface area contributed by atoms with E-state index in [1.807, 2.05) is 0 Å². The van der Waals surface area contributed by atoms with E-state index >= 15 is 0 Å². The van der Waals surface area contributed by atoms with Crippen molar-refractivity contribution in [3.63, 3.8) is 0 Å². The van der Waals surface area contributed by atoms with Gasteiger partial charge in [-0.25, -0.2) is 0 Å². The number of carbonyl (C=O) groups excluding carboxylic acids is 1. The molecule has 4 aliphatic rings. The molecule has 0 bridgehead atoms.